The van der Waals surface area contributed by atoms with Crippen LogP contribution in [-0.4, -0.2) is 15.9 Å². The van der Waals surface area contributed by atoms with Gasteiger partial charge in [0, 0.05) is 22.9 Å². The third-order valence-electron chi connectivity index (χ3n) is 4.37. The van der Waals surface area contributed by atoms with Crippen molar-refractivity contribution in [2.24, 2.45) is 0 Å². The minimum absolute atomic E-state index is 0.140. The van der Waals surface area contributed by atoms with Crippen molar-refractivity contribution in [1.29, 1.82) is 0 Å². The Morgan fingerprint density at radius 1 is 0.759 bits per heavy atom. The summed E-state index contributed by atoms with van der Waals surface area (Å²) in [5, 5.41) is 4.03. The van der Waals surface area contributed by atoms with E-state index in [1.807, 2.05) is 91.0 Å². The highest BCUT2D eigenvalue weighted by Gasteiger charge is 2.18. The lowest BCUT2D eigenvalue weighted by Crippen LogP contribution is -2.29. The predicted octanol–water partition coefficient (Wildman–Crippen LogP) is 5.15. The van der Waals surface area contributed by atoms with Crippen LogP contribution in [0.4, 0.5) is 0 Å². The predicted molar refractivity (Wildman–Crippen MR) is 115 cm³/mol. The number of nitrogens with zero attached hydrogens (tertiary/aromatic N) is 2. The van der Waals surface area contributed by atoms with E-state index in [-0.39, 0.29) is 11.9 Å². The molecule has 5 heteroatoms. The van der Waals surface area contributed by atoms with Gasteiger partial charge in [0.1, 0.15) is 5.03 Å². The second kappa shape index (κ2) is 9.17. The molecule has 0 bridgehead atoms. The molecule has 0 radical (unpaired) electrons. The van der Waals surface area contributed by atoms with E-state index in [0.29, 0.717) is 5.56 Å². The average Bonchev–Trinajstić information content (AvgIpc) is 2.80. The smallest absolute Gasteiger partial charge is 0.252 e. The number of carbonyl (C=O) groups excluding carboxylic acids is 1. The summed E-state index contributed by atoms with van der Waals surface area (Å²) >= 11 is 1.56. The molecule has 4 nitrogen and oxygen atoms in total. The van der Waals surface area contributed by atoms with Crippen molar-refractivity contribution in [1.82, 2.24) is 15.3 Å². The van der Waals surface area contributed by atoms with Gasteiger partial charge >= 0.3 is 0 Å². The summed E-state index contributed by atoms with van der Waals surface area (Å²) in [4.78, 5) is 22.7. The number of amides is 1. The van der Waals surface area contributed by atoms with Crippen LogP contribution in [0.1, 0.15) is 27.7 Å². The summed E-state index contributed by atoms with van der Waals surface area (Å²) < 4.78 is 0. The van der Waals surface area contributed by atoms with Crippen molar-refractivity contribution in [3.8, 4) is 0 Å². The Kier molecular flexibility index (Phi) is 5.98. The molecule has 1 unspecified atom stereocenters. The van der Waals surface area contributed by atoms with Crippen molar-refractivity contribution >= 4 is 17.7 Å². The van der Waals surface area contributed by atoms with Crippen LogP contribution >= 0.6 is 11.8 Å². The molecule has 0 aliphatic rings. The summed E-state index contributed by atoms with van der Waals surface area (Å²) in [6.07, 6.45) is 3.51. The second-order valence-electron chi connectivity index (χ2n) is 6.37. The molecule has 0 spiro atoms. The van der Waals surface area contributed by atoms with E-state index < -0.39 is 0 Å². The molecule has 0 aliphatic heterocycles. The highest BCUT2D eigenvalue weighted by atomic mass is 32.2. The Hall–Kier alpha value is -3.44. The van der Waals surface area contributed by atoms with Gasteiger partial charge in [0.2, 0.25) is 0 Å². The zero-order chi connectivity index (χ0) is 19.9. The van der Waals surface area contributed by atoms with E-state index in [2.05, 4.69) is 15.3 Å². The van der Waals surface area contributed by atoms with Gasteiger partial charge in [-0.05, 0) is 54.1 Å². The number of hydrogen-bond donors (Lipinski definition) is 1. The van der Waals surface area contributed by atoms with Crippen molar-refractivity contribution in [2.45, 2.75) is 16.0 Å². The summed E-state index contributed by atoms with van der Waals surface area (Å²) in [5.74, 6) is -0.140. The maximum atomic E-state index is 12.9. The fourth-order valence-corrected chi connectivity index (χ4v) is 3.71. The molecule has 1 amide bonds. The minimum atomic E-state index is -0.313. The van der Waals surface area contributed by atoms with Crippen LogP contribution < -0.4 is 5.32 Å². The van der Waals surface area contributed by atoms with E-state index in [1.165, 1.54) is 0 Å². The number of benzene rings is 2. The van der Waals surface area contributed by atoms with Crippen molar-refractivity contribution in [2.75, 3.05) is 0 Å². The van der Waals surface area contributed by atoms with Gasteiger partial charge in [0.25, 0.3) is 5.91 Å². The molecule has 2 aromatic heterocycles. The molecular weight excluding hydrogens is 378 g/mol. The van der Waals surface area contributed by atoms with Crippen LogP contribution in [0.3, 0.4) is 0 Å². The number of pyridine rings is 2. The SMILES string of the molecule is O=C(NC(c1ccccc1)c1ccccn1)c1ccc(Sc2ccccn2)cc1. The summed E-state index contributed by atoms with van der Waals surface area (Å²) in [7, 11) is 0. The van der Waals surface area contributed by atoms with Crippen LogP contribution in [0.2, 0.25) is 0 Å². The van der Waals surface area contributed by atoms with Gasteiger partial charge < -0.3 is 5.32 Å². The fourth-order valence-electron chi connectivity index (χ4n) is 2.94. The van der Waals surface area contributed by atoms with E-state index in [0.717, 1.165) is 21.2 Å². The molecule has 1 atom stereocenters. The number of nitrogens with one attached hydrogen (secondary N) is 1. The van der Waals surface area contributed by atoms with Gasteiger partial charge in [-0.25, -0.2) is 4.98 Å². The molecule has 0 saturated heterocycles. The molecule has 2 aromatic carbocycles. The average molecular weight is 398 g/mol. The quantitative estimate of drug-likeness (QED) is 0.489. The zero-order valence-corrected chi connectivity index (χ0v) is 16.4. The summed E-state index contributed by atoms with van der Waals surface area (Å²) in [5.41, 5.74) is 2.39. The highest BCUT2D eigenvalue weighted by Crippen LogP contribution is 2.26. The molecular formula is C24H19N3OS. The first-order valence-electron chi connectivity index (χ1n) is 9.25. The zero-order valence-electron chi connectivity index (χ0n) is 15.6. The van der Waals surface area contributed by atoms with Crippen LogP contribution in [0.5, 0.6) is 0 Å². The number of aromatic nitrogens is 2. The Bertz CT molecular complexity index is 1020. The molecule has 4 rings (SSSR count). The lowest BCUT2D eigenvalue weighted by molar-refractivity contribution is 0.0942. The van der Waals surface area contributed by atoms with Gasteiger partial charge in [-0.2, -0.15) is 0 Å². The first kappa shape index (κ1) is 18.9. The molecule has 0 aliphatic carbocycles. The summed E-state index contributed by atoms with van der Waals surface area (Å²) in [6, 6.07) is 28.6. The molecule has 1 N–H and O–H groups in total. The topological polar surface area (TPSA) is 54.9 Å². The Morgan fingerprint density at radius 2 is 1.45 bits per heavy atom. The van der Waals surface area contributed by atoms with Gasteiger partial charge in [-0.3, -0.25) is 9.78 Å². The van der Waals surface area contributed by atoms with Crippen LogP contribution in [-0.2, 0) is 0 Å². The Morgan fingerprint density at radius 3 is 2.10 bits per heavy atom. The first-order chi connectivity index (χ1) is 14.3. The number of carbonyl (C=O) groups is 1. The fraction of sp³-hybridized carbons (Fsp3) is 0.0417. The van der Waals surface area contributed by atoms with Crippen molar-refractivity contribution < 1.29 is 4.79 Å². The van der Waals surface area contributed by atoms with Crippen LogP contribution in [0.15, 0.2) is 113 Å². The van der Waals surface area contributed by atoms with Gasteiger partial charge in [0.15, 0.2) is 0 Å². The normalized spacial score (nSPS) is 11.6. The van der Waals surface area contributed by atoms with E-state index in [9.17, 15) is 4.79 Å². The molecule has 0 saturated carbocycles. The van der Waals surface area contributed by atoms with Crippen LogP contribution in [0, 0.1) is 0 Å². The molecule has 0 fully saturated rings. The maximum Gasteiger partial charge on any atom is 0.252 e. The Labute approximate surface area is 174 Å². The molecule has 29 heavy (non-hydrogen) atoms. The number of hydrogen-bond acceptors (Lipinski definition) is 4. The summed E-state index contributed by atoms with van der Waals surface area (Å²) in [6.45, 7) is 0. The molecule has 2 heterocycles. The van der Waals surface area contributed by atoms with E-state index in [1.54, 1.807) is 24.2 Å². The molecule has 142 valence electrons. The third-order valence-corrected chi connectivity index (χ3v) is 5.33. The maximum absolute atomic E-state index is 12.9. The van der Waals surface area contributed by atoms with Gasteiger partial charge in [0.05, 0.1) is 11.7 Å². The molecule has 4 aromatic rings. The van der Waals surface area contributed by atoms with Crippen molar-refractivity contribution in [3.05, 3.63) is 120 Å². The largest absolute Gasteiger partial charge is 0.340 e. The van der Waals surface area contributed by atoms with E-state index in [4.69, 9.17) is 0 Å². The standard InChI is InChI=1S/C24H19N3OS/c28-24(19-12-14-20(15-13-19)29-22-11-5-7-17-26-22)27-23(18-8-2-1-3-9-18)21-10-4-6-16-25-21/h1-17,23H,(H,27,28). The second-order valence-corrected chi connectivity index (χ2v) is 7.46. The first-order valence-corrected chi connectivity index (χ1v) is 10.1. The monoisotopic (exact) mass is 397 g/mol. The van der Waals surface area contributed by atoms with Gasteiger partial charge in [-0.1, -0.05) is 54.2 Å². The lowest BCUT2D eigenvalue weighted by atomic mass is 10.0. The van der Waals surface area contributed by atoms with Gasteiger partial charge in [-0.15, -0.1) is 0 Å². The third kappa shape index (κ3) is 4.89. The van der Waals surface area contributed by atoms with Crippen LogP contribution in [0.25, 0.3) is 0 Å². The van der Waals surface area contributed by atoms with Crippen molar-refractivity contribution in [3.63, 3.8) is 0 Å². The highest BCUT2D eigenvalue weighted by molar-refractivity contribution is 7.99. The minimum Gasteiger partial charge on any atom is -0.340 e. The number of rotatable bonds is 6. The lowest BCUT2D eigenvalue weighted by Gasteiger charge is -2.19. The Balaban J connectivity index is 1.52. The van der Waals surface area contributed by atoms with E-state index >= 15 is 0 Å².